The number of aromatic amines is 1. The highest BCUT2D eigenvalue weighted by Gasteiger charge is 2.32. The first-order valence-corrected chi connectivity index (χ1v) is 5.48. The van der Waals surface area contributed by atoms with Crippen LogP contribution in [0.4, 0.5) is 0 Å². The minimum Gasteiger partial charge on any atom is -0.340 e. The molecule has 0 spiro atoms. The molecule has 0 unspecified atom stereocenters. The van der Waals surface area contributed by atoms with Crippen LogP contribution >= 0.6 is 0 Å². The molecule has 1 fully saturated rings. The van der Waals surface area contributed by atoms with Gasteiger partial charge in [-0.05, 0) is 38.4 Å². The Morgan fingerprint density at radius 3 is 2.93 bits per heavy atom. The van der Waals surface area contributed by atoms with Gasteiger partial charge in [0.25, 0.3) is 0 Å². The second-order valence-electron chi connectivity index (χ2n) is 4.46. The van der Waals surface area contributed by atoms with Crippen LogP contribution < -0.4 is 5.32 Å². The predicted molar refractivity (Wildman–Crippen MR) is 60.7 cm³/mol. The van der Waals surface area contributed by atoms with Crippen LogP contribution in [0.25, 0.3) is 11.0 Å². The number of hydrogen-bond acceptors (Lipinski definition) is 2. The number of rotatable bonds is 1. The van der Waals surface area contributed by atoms with E-state index in [1.165, 1.54) is 6.42 Å². The molecule has 1 saturated heterocycles. The summed E-state index contributed by atoms with van der Waals surface area (Å²) in [7, 11) is 0. The highest BCUT2D eigenvalue weighted by atomic mass is 15.1. The molecule has 1 aliphatic heterocycles. The average molecular weight is 201 g/mol. The van der Waals surface area contributed by atoms with E-state index in [1.807, 2.05) is 18.2 Å². The minimum absolute atomic E-state index is 0.0407. The van der Waals surface area contributed by atoms with Gasteiger partial charge in [-0.15, -0.1) is 0 Å². The lowest BCUT2D eigenvalue weighted by atomic mass is 10.00. The molecule has 3 nitrogen and oxygen atoms in total. The molecule has 1 aromatic carbocycles. The van der Waals surface area contributed by atoms with Gasteiger partial charge in [0.05, 0.1) is 16.6 Å². The summed E-state index contributed by atoms with van der Waals surface area (Å²) in [5, 5.41) is 3.52. The summed E-state index contributed by atoms with van der Waals surface area (Å²) in [4.78, 5) is 8.05. The van der Waals surface area contributed by atoms with Crippen molar-refractivity contribution >= 4 is 11.0 Å². The Labute approximate surface area is 88.9 Å². The summed E-state index contributed by atoms with van der Waals surface area (Å²) in [5.41, 5.74) is 2.23. The third kappa shape index (κ3) is 1.35. The van der Waals surface area contributed by atoms with E-state index >= 15 is 0 Å². The summed E-state index contributed by atoms with van der Waals surface area (Å²) >= 11 is 0. The van der Waals surface area contributed by atoms with Gasteiger partial charge in [-0.3, -0.25) is 0 Å². The lowest BCUT2D eigenvalue weighted by Crippen LogP contribution is -2.34. The van der Waals surface area contributed by atoms with Crippen molar-refractivity contribution in [2.24, 2.45) is 0 Å². The number of fused-ring (bicyclic) bond motifs is 1. The topological polar surface area (TPSA) is 40.7 Å². The van der Waals surface area contributed by atoms with Gasteiger partial charge in [0.15, 0.2) is 0 Å². The molecule has 0 bridgehead atoms. The molecule has 78 valence electrons. The number of benzene rings is 1. The van der Waals surface area contributed by atoms with Gasteiger partial charge in [-0.1, -0.05) is 12.1 Å². The molecule has 1 aliphatic rings. The number of aromatic nitrogens is 2. The number of para-hydroxylation sites is 2. The number of nitrogens with zero attached hydrogens (tertiary/aromatic N) is 1. The van der Waals surface area contributed by atoms with Gasteiger partial charge in [0, 0.05) is 0 Å². The number of hydrogen-bond donors (Lipinski definition) is 2. The molecule has 2 heterocycles. The van der Waals surface area contributed by atoms with Gasteiger partial charge in [-0.25, -0.2) is 4.98 Å². The Kier molecular flexibility index (Phi) is 1.83. The fourth-order valence-corrected chi connectivity index (χ4v) is 2.31. The Morgan fingerprint density at radius 2 is 2.20 bits per heavy atom. The maximum Gasteiger partial charge on any atom is 0.127 e. The Hall–Kier alpha value is -1.35. The lowest BCUT2D eigenvalue weighted by Gasteiger charge is -2.21. The minimum atomic E-state index is 0.0407. The smallest absolute Gasteiger partial charge is 0.127 e. The van der Waals surface area contributed by atoms with Gasteiger partial charge in [-0.2, -0.15) is 0 Å². The standard InChI is InChI=1S/C12H15N3/c1-12(7-4-8-13-12)11-14-9-5-2-3-6-10(9)15-11/h2-3,5-6,13H,4,7-8H2,1H3,(H,14,15)/t12-/m1/s1. The first kappa shape index (κ1) is 8.92. The van der Waals surface area contributed by atoms with Crippen LogP contribution in [0.2, 0.25) is 0 Å². The van der Waals surface area contributed by atoms with Gasteiger partial charge < -0.3 is 10.3 Å². The molecular weight excluding hydrogens is 186 g/mol. The van der Waals surface area contributed by atoms with Crippen molar-refractivity contribution in [1.29, 1.82) is 0 Å². The predicted octanol–water partition coefficient (Wildman–Crippen LogP) is 2.16. The molecule has 1 atom stereocenters. The first-order chi connectivity index (χ1) is 7.28. The fraction of sp³-hybridized carbons (Fsp3) is 0.417. The Balaban J connectivity index is 2.11. The molecule has 0 saturated carbocycles. The van der Waals surface area contributed by atoms with Crippen molar-refractivity contribution in [3.63, 3.8) is 0 Å². The second-order valence-corrected chi connectivity index (χ2v) is 4.46. The first-order valence-electron chi connectivity index (χ1n) is 5.48. The number of imidazole rings is 1. The van der Waals surface area contributed by atoms with E-state index in [-0.39, 0.29) is 5.54 Å². The SMILES string of the molecule is C[C@]1(c2nc3ccccc3[nH]2)CCCN1. The van der Waals surface area contributed by atoms with Crippen LogP contribution in [0.15, 0.2) is 24.3 Å². The zero-order valence-corrected chi connectivity index (χ0v) is 8.88. The van der Waals surface area contributed by atoms with Crippen molar-refractivity contribution < 1.29 is 0 Å². The summed E-state index contributed by atoms with van der Waals surface area (Å²) in [6, 6.07) is 8.18. The molecule has 0 radical (unpaired) electrons. The molecule has 3 rings (SSSR count). The average Bonchev–Trinajstić information content (AvgIpc) is 2.84. The third-order valence-electron chi connectivity index (χ3n) is 3.28. The third-order valence-corrected chi connectivity index (χ3v) is 3.28. The summed E-state index contributed by atoms with van der Waals surface area (Å²) < 4.78 is 0. The molecule has 15 heavy (non-hydrogen) atoms. The highest BCUT2D eigenvalue weighted by Crippen LogP contribution is 2.29. The zero-order valence-electron chi connectivity index (χ0n) is 8.88. The summed E-state index contributed by atoms with van der Waals surface area (Å²) in [6.45, 7) is 3.31. The van der Waals surface area contributed by atoms with Crippen LogP contribution in [-0.4, -0.2) is 16.5 Å². The van der Waals surface area contributed by atoms with E-state index in [2.05, 4.69) is 28.3 Å². The van der Waals surface area contributed by atoms with Crippen LogP contribution in [-0.2, 0) is 5.54 Å². The second kappa shape index (κ2) is 3.07. The van der Waals surface area contributed by atoms with Gasteiger partial charge >= 0.3 is 0 Å². The molecule has 1 aromatic heterocycles. The summed E-state index contributed by atoms with van der Waals surface area (Å²) in [5.74, 6) is 1.07. The molecule has 2 aromatic rings. The van der Waals surface area contributed by atoms with E-state index in [4.69, 9.17) is 0 Å². The fourth-order valence-electron chi connectivity index (χ4n) is 2.31. The van der Waals surface area contributed by atoms with Crippen molar-refractivity contribution in [2.75, 3.05) is 6.54 Å². The molecular formula is C12H15N3. The number of H-pyrrole nitrogens is 1. The van der Waals surface area contributed by atoms with E-state index in [0.717, 1.165) is 29.8 Å². The van der Waals surface area contributed by atoms with Crippen LogP contribution in [0.3, 0.4) is 0 Å². The quantitative estimate of drug-likeness (QED) is 0.742. The van der Waals surface area contributed by atoms with Crippen molar-refractivity contribution in [2.45, 2.75) is 25.3 Å². The number of nitrogens with one attached hydrogen (secondary N) is 2. The largest absolute Gasteiger partial charge is 0.340 e. The van der Waals surface area contributed by atoms with Crippen molar-refractivity contribution in [3.8, 4) is 0 Å². The Morgan fingerprint density at radius 1 is 1.33 bits per heavy atom. The van der Waals surface area contributed by atoms with Gasteiger partial charge in [0.1, 0.15) is 5.82 Å². The monoisotopic (exact) mass is 201 g/mol. The maximum absolute atomic E-state index is 4.65. The van der Waals surface area contributed by atoms with E-state index in [9.17, 15) is 0 Å². The van der Waals surface area contributed by atoms with Crippen molar-refractivity contribution in [1.82, 2.24) is 15.3 Å². The maximum atomic E-state index is 4.65. The van der Waals surface area contributed by atoms with Crippen LogP contribution in [0.5, 0.6) is 0 Å². The van der Waals surface area contributed by atoms with E-state index in [0.29, 0.717) is 0 Å². The van der Waals surface area contributed by atoms with Crippen LogP contribution in [0.1, 0.15) is 25.6 Å². The molecule has 2 N–H and O–H groups in total. The van der Waals surface area contributed by atoms with E-state index < -0.39 is 0 Å². The molecule has 0 amide bonds. The lowest BCUT2D eigenvalue weighted by molar-refractivity contribution is 0.412. The Bertz CT molecular complexity index is 447. The zero-order chi connectivity index (χ0) is 10.3. The normalized spacial score (nSPS) is 26.2. The molecule has 3 heteroatoms. The van der Waals surface area contributed by atoms with E-state index in [1.54, 1.807) is 0 Å². The molecule has 0 aliphatic carbocycles. The van der Waals surface area contributed by atoms with Crippen molar-refractivity contribution in [3.05, 3.63) is 30.1 Å². The van der Waals surface area contributed by atoms with Crippen LogP contribution in [0, 0.1) is 0 Å². The summed E-state index contributed by atoms with van der Waals surface area (Å²) in [6.07, 6.45) is 2.39. The highest BCUT2D eigenvalue weighted by molar-refractivity contribution is 5.74. The van der Waals surface area contributed by atoms with Gasteiger partial charge in [0.2, 0.25) is 0 Å².